The highest BCUT2D eigenvalue weighted by atomic mass is 32.1. The largest absolute Gasteiger partial charge is 0.481 e. The second-order valence-corrected chi connectivity index (χ2v) is 14.1. The Morgan fingerprint density at radius 1 is 0.885 bits per heavy atom. The predicted molar refractivity (Wildman–Crippen MR) is 210 cm³/mol. The lowest BCUT2D eigenvalue weighted by Gasteiger charge is -2.27. The zero-order valence-electron chi connectivity index (χ0n) is 33.2. The van der Waals surface area contributed by atoms with E-state index in [0.717, 1.165) is 24.9 Å². The van der Waals surface area contributed by atoms with Crippen molar-refractivity contribution >= 4 is 40.9 Å². The first-order valence-electron chi connectivity index (χ1n) is 18.7. The van der Waals surface area contributed by atoms with E-state index in [4.69, 9.17) is 0 Å². The van der Waals surface area contributed by atoms with Crippen molar-refractivity contribution in [2.24, 2.45) is 11.8 Å². The lowest BCUT2D eigenvalue weighted by molar-refractivity contribution is -0.141. The van der Waals surface area contributed by atoms with Gasteiger partial charge in [0.25, 0.3) is 5.91 Å². The average molecular weight is 747 g/mol. The van der Waals surface area contributed by atoms with Gasteiger partial charge >= 0.3 is 5.97 Å². The van der Waals surface area contributed by atoms with Gasteiger partial charge in [-0.1, -0.05) is 105 Å². The van der Waals surface area contributed by atoms with Gasteiger partial charge in [-0.2, -0.15) is 0 Å². The SMILES string of the molecule is CC.CCCC.CCCCN(C)CC(=O)NCC(=O)NC(CC(NC(C)=O)c1nc(C(=O)NC(Cc2ccccc2)CC(C)C(=O)O)cs1)C(C)C. The number of thiazole rings is 1. The molecule has 52 heavy (non-hydrogen) atoms. The van der Waals surface area contributed by atoms with Crippen LogP contribution in [0.2, 0.25) is 0 Å². The van der Waals surface area contributed by atoms with E-state index in [0.29, 0.717) is 17.8 Å². The molecule has 2 rings (SSSR count). The Morgan fingerprint density at radius 3 is 2.06 bits per heavy atom. The number of carbonyl (C=O) groups excluding carboxylic acids is 4. The Hall–Kier alpha value is -3.84. The lowest BCUT2D eigenvalue weighted by Crippen LogP contribution is -2.47. The van der Waals surface area contributed by atoms with E-state index in [2.05, 4.69) is 47.0 Å². The molecule has 4 unspecified atom stereocenters. The Balaban J connectivity index is 0.00000404. The fourth-order valence-corrected chi connectivity index (χ4v) is 5.76. The Bertz CT molecular complexity index is 1320. The van der Waals surface area contributed by atoms with Crippen LogP contribution in [0.15, 0.2) is 35.7 Å². The van der Waals surface area contributed by atoms with Crippen molar-refractivity contribution in [2.75, 3.05) is 26.7 Å². The minimum atomic E-state index is -0.939. The number of rotatable bonds is 21. The summed E-state index contributed by atoms with van der Waals surface area (Å²) in [6.45, 7) is 18.2. The van der Waals surface area contributed by atoms with Gasteiger partial charge in [-0.3, -0.25) is 28.9 Å². The molecule has 13 heteroatoms. The third kappa shape index (κ3) is 20.9. The molecule has 0 aliphatic heterocycles. The van der Waals surface area contributed by atoms with Gasteiger partial charge in [-0.05, 0) is 50.8 Å². The number of unbranched alkanes of at least 4 members (excludes halogenated alkanes) is 2. The van der Waals surface area contributed by atoms with Gasteiger partial charge in [0.2, 0.25) is 17.7 Å². The molecule has 4 amide bonds. The fraction of sp³-hybridized carbons (Fsp3) is 0.641. The first-order chi connectivity index (χ1) is 24.7. The number of hydrogen-bond acceptors (Lipinski definition) is 8. The summed E-state index contributed by atoms with van der Waals surface area (Å²) in [5, 5.41) is 23.0. The average Bonchev–Trinajstić information content (AvgIpc) is 3.61. The molecule has 0 bridgehead atoms. The molecule has 12 nitrogen and oxygen atoms in total. The second-order valence-electron chi connectivity index (χ2n) is 13.2. The van der Waals surface area contributed by atoms with Gasteiger partial charge in [-0.25, -0.2) is 4.98 Å². The second kappa shape index (κ2) is 27.8. The number of benzene rings is 1. The molecule has 0 saturated heterocycles. The minimum Gasteiger partial charge on any atom is -0.481 e. The van der Waals surface area contributed by atoms with Crippen molar-refractivity contribution in [3.05, 3.63) is 52.0 Å². The molecule has 1 aromatic carbocycles. The summed E-state index contributed by atoms with van der Waals surface area (Å²) in [7, 11) is 1.86. The number of carbonyl (C=O) groups is 5. The van der Waals surface area contributed by atoms with Gasteiger partial charge in [0.1, 0.15) is 10.7 Å². The number of amides is 4. The van der Waals surface area contributed by atoms with Crippen molar-refractivity contribution in [1.29, 1.82) is 0 Å². The van der Waals surface area contributed by atoms with Crippen molar-refractivity contribution in [1.82, 2.24) is 31.2 Å². The smallest absolute Gasteiger partial charge is 0.306 e. The van der Waals surface area contributed by atoms with Crippen LogP contribution in [0.4, 0.5) is 0 Å². The predicted octanol–water partition coefficient (Wildman–Crippen LogP) is 5.98. The molecule has 4 atom stereocenters. The maximum Gasteiger partial charge on any atom is 0.306 e. The summed E-state index contributed by atoms with van der Waals surface area (Å²) >= 11 is 1.22. The number of carboxylic acids is 1. The fourth-order valence-electron chi connectivity index (χ4n) is 4.89. The number of hydrogen-bond donors (Lipinski definition) is 5. The van der Waals surface area contributed by atoms with Crippen LogP contribution in [0.5, 0.6) is 0 Å². The standard InChI is InChI=1S/C33H50N6O6S.C4H10.C2H6/c1-7-8-14-39(6)19-30(42)34-18-29(41)37-26(21(2)3)17-27(35-23(5)40)32-38-28(20-46-32)31(43)36-25(15-22(4)33(44)45)16-24-12-10-9-11-13-24;1-3-4-2;1-2/h9-13,20-22,25-27H,7-8,14-19H2,1-6H3,(H,34,42)(H,35,40)(H,36,43)(H,37,41)(H,44,45);3-4H2,1-2H3;1-2H3. The van der Waals surface area contributed by atoms with Gasteiger partial charge in [0.15, 0.2) is 0 Å². The third-order valence-corrected chi connectivity index (χ3v) is 9.00. The Kier molecular flexibility index (Phi) is 25.7. The first kappa shape index (κ1) is 48.2. The molecule has 2 aromatic rings. The summed E-state index contributed by atoms with van der Waals surface area (Å²) in [5.74, 6) is -2.91. The van der Waals surface area contributed by atoms with Crippen LogP contribution in [-0.4, -0.2) is 83.4 Å². The number of nitrogens with one attached hydrogen (secondary N) is 4. The van der Waals surface area contributed by atoms with Crippen LogP contribution in [0.25, 0.3) is 0 Å². The third-order valence-electron chi connectivity index (χ3n) is 8.04. The number of aromatic nitrogens is 1. The highest BCUT2D eigenvalue weighted by molar-refractivity contribution is 7.09. The quantitative estimate of drug-likeness (QED) is 0.104. The molecule has 0 saturated carbocycles. The molecule has 1 heterocycles. The molecule has 5 N–H and O–H groups in total. The molecule has 0 radical (unpaired) electrons. The van der Waals surface area contributed by atoms with Crippen LogP contribution < -0.4 is 21.3 Å². The van der Waals surface area contributed by atoms with Crippen molar-refractivity contribution in [3.8, 4) is 0 Å². The highest BCUT2D eigenvalue weighted by Crippen LogP contribution is 2.25. The number of likely N-dealkylation sites (N-methyl/N-ethyl adjacent to an activating group) is 1. The van der Waals surface area contributed by atoms with Crippen molar-refractivity contribution in [3.63, 3.8) is 0 Å². The van der Waals surface area contributed by atoms with Gasteiger partial charge in [0.05, 0.1) is 25.0 Å². The Morgan fingerprint density at radius 2 is 1.52 bits per heavy atom. The molecule has 294 valence electrons. The zero-order valence-corrected chi connectivity index (χ0v) is 34.0. The maximum absolute atomic E-state index is 13.3. The van der Waals surface area contributed by atoms with Gasteiger partial charge in [-0.15, -0.1) is 11.3 Å². The van der Waals surface area contributed by atoms with Crippen molar-refractivity contribution < 1.29 is 29.1 Å². The molecule has 0 spiro atoms. The number of carboxylic acid groups (broad SMARTS) is 1. The van der Waals surface area contributed by atoms with E-state index in [1.807, 2.05) is 70.0 Å². The van der Waals surface area contributed by atoms with Crippen LogP contribution in [0.1, 0.15) is 128 Å². The minimum absolute atomic E-state index is 0.00575. The highest BCUT2D eigenvalue weighted by Gasteiger charge is 2.27. The van der Waals surface area contributed by atoms with Crippen LogP contribution >= 0.6 is 11.3 Å². The van der Waals surface area contributed by atoms with Crippen LogP contribution in [-0.2, 0) is 25.6 Å². The molecule has 0 aliphatic carbocycles. The van der Waals surface area contributed by atoms with E-state index in [9.17, 15) is 29.1 Å². The summed E-state index contributed by atoms with van der Waals surface area (Å²) in [4.78, 5) is 68.5. The first-order valence-corrected chi connectivity index (χ1v) is 19.6. The summed E-state index contributed by atoms with van der Waals surface area (Å²) in [6, 6.07) is 8.15. The summed E-state index contributed by atoms with van der Waals surface area (Å²) in [5.41, 5.74) is 1.13. The maximum atomic E-state index is 13.3. The number of nitrogens with zero attached hydrogens (tertiary/aromatic N) is 2. The number of aliphatic carboxylic acids is 1. The lowest BCUT2D eigenvalue weighted by atomic mass is 9.96. The normalized spacial score (nSPS) is 12.9. The topological polar surface area (TPSA) is 170 Å². The summed E-state index contributed by atoms with van der Waals surface area (Å²) in [6.07, 6.45) is 5.68. The summed E-state index contributed by atoms with van der Waals surface area (Å²) < 4.78 is 0. The molecule has 0 fully saturated rings. The van der Waals surface area contributed by atoms with Crippen molar-refractivity contribution in [2.45, 2.75) is 125 Å². The molecular weight excluding hydrogens is 681 g/mol. The van der Waals surface area contributed by atoms with Gasteiger partial charge < -0.3 is 26.4 Å². The van der Waals surface area contributed by atoms with E-state index in [1.54, 1.807) is 12.3 Å². The monoisotopic (exact) mass is 746 g/mol. The van der Waals surface area contributed by atoms with Crippen LogP contribution in [0.3, 0.4) is 0 Å². The van der Waals surface area contributed by atoms with E-state index < -0.39 is 29.9 Å². The van der Waals surface area contributed by atoms with Gasteiger partial charge in [0, 0.05) is 24.4 Å². The van der Waals surface area contributed by atoms with E-state index in [-0.39, 0.29) is 54.9 Å². The van der Waals surface area contributed by atoms with E-state index in [1.165, 1.54) is 31.1 Å². The molecular formula is C39H66N6O6S. The Labute approximate surface area is 316 Å². The molecule has 1 aromatic heterocycles. The van der Waals surface area contributed by atoms with E-state index >= 15 is 0 Å². The zero-order chi connectivity index (χ0) is 39.6. The van der Waals surface area contributed by atoms with Crippen LogP contribution in [0, 0.1) is 11.8 Å². The molecule has 0 aliphatic rings.